The normalized spacial score (nSPS) is 35.9. The molecule has 4 atom stereocenters. The van der Waals surface area contributed by atoms with Crippen LogP contribution in [0.3, 0.4) is 0 Å². The molecule has 2 nitrogen and oxygen atoms in total. The molecular formula is C13H20O2. The Hall–Kier alpha value is -0.790. The van der Waals surface area contributed by atoms with Gasteiger partial charge in [0.2, 0.25) is 0 Å². The lowest BCUT2D eigenvalue weighted by Gasteiger charge is -2.24. The minimum absolute atomic E-state index is 0.0728. The molecule has 0 amide bonds. The second-order valence-electron chi connectivity index (χ2n) is 4.94. The molecule has 2 aliphatic rings. The third-order valence-corrected chi connectivity index (χ3v) is 4.21. The first kappa shape index (κ1) is 10.7. The van der Waals surface area contributed by atoms with Crippen molar-refractivity contribution in [2.24, 2.45) is 17.8 Å². The van der Waals surface area contributed by atoms with E-state index in [1.807, 2.05) is 6.92 Å². The first-order valence-electron chi connectivity index (χ1n) is 6.05. The van der Waals surface area contributed by atoms with E-state index < -0.39 is 0 Å². The van der Waals surface area contributed by atoms with Crippen LogP contribution < -0.4 is 0 Å². The molecule has 0 aromatic rings. The lowest BCUT2D eigenvalue weighted by molar-refractivity contribution is -0.145. The van der Waals surface area contributed by atoms with Gasteiger partial charge in [-0.15, -0.1) is 0 Å². The molecule has 0 heterocycles. The van der Waals surface area contributed by atoms with Crippen LogP contribution in [0.15, 0.2) is 12.7 Å². The number of carbonyl (C=O) groups excluding carboxylic acids is 1. The van der Waals surface area contributed by atoms with Crippen LogP contribution >= 0.6 is 0 Å². The van der Waals surface area contributed by atoms with Crippen LogP contribution in [-0.2, 0) is 9.53 Å². The number of ether oxygens (including phenoxy) is 1. The monoisotopic (exact) mass is 208 g/mol. The first-order valence-corrected chi connectivity index (χ1v) is 6.05. The lowest BCUT2D eigenvalue weighted by Crippen LogP contribution is -2.26. The van der Waals surface area contributed by atoms with Crippen LogP contribution in [0.5, 0.6) is 0 Å². The summed E-state index contributed by atoms with van der Waals surface area (Å²) in [6.07, 6.45) is 8.01. The average Bonchev–Trinajstić information content (AvgIpc) is 2.77. The van der Waals surface area contributed by atoms with Crippen molar-refractivity contribution in [1.82, 2.24) is 0 Å². The van der Waals surface area contributed by atoms with Crippen LogP contribution in [0.1, 0.15) is 39.0 Å². The van der Waals surface area contributed by atoms with Crippen LogP contribution in [0.2, 0.25) is 0 Å². The fourth-order valence-electron chi connectivity index (χ4n) is 3.51. The maximum atomic E-state index is 11.1. The van der Waals surface area contributed by atoms with Gasteiger partial charge in [0, 0.05) is 6.08 Å². The summed E-state index contributed by atoms with van der Waals surface area (Å²) in [6, 6.07) is 0. The molecule has 0 aromatic carbocycles. The third-order valence-electron chi connectivity index (χ3n) is 4.21. The van der Waals surface area contributed by atoms with E-state index in [0.717, 1.165) is 11.8 Å². The van der Waals surface area contributed by atoms with Crippen molar-refractivity contribution in [2.45, 2.75) is 45.1 Å². The molecule has 4 unspecified atom stereocenters. The fraction of sp³-hybridized carbons (Fsp3) is 0.769. The molecule has 0 spiro atoms. The van der Waals surface area contributed by atoms with Crippen molar-refractivity contribution in [3.63, 3.8) is 0 Å². The third kappa shape index (κ3) is 2.09. The molecule has 0 radical (unpaired) electrons. The van der Waals surface area contributed by atoms with E-state index in [0.29, 0.717) is 5.92 Å². The zero-order valence-corrected chi connectivity index (χ0v) is 9.45. The molecule has 84 valence electrons. The highest BCUT2D eigenvalue weighted by molar-refractivity contribution is 5.81. The Labute approximate surface area is 91.7 Å². The second kappa shape index (κ2) is 4.38. The van der Waals surface area contributed by atoms with Crippen LogP contribution in [0.4, 0.5) is 0 Å². The number of fused-ring (bicyclic) bond motifs is 1. The molecule has 0 aliphatic heterocycles. The van der Waals surface area contributed by atoms with Gasteiger partial charge in [-0.2, -0.15) is 0 Å². The molecule has 0 bridgehead atoms. The van der Waals surface area contributed by atoms with Crippen LogP contribution in [0.25, 0.3) is 0 Å². The van der Waals surface area contributed by atoms with Gasteiger partial charge in [0.1, 0.15) is 6.10 Å². The Morgan fingerprint density at radius 1 is 1.40 bits per heavy atom. The SMILES string of the molecule is C=CC(=O)OC(C)C1CCC2CCCC21. The van der Waals surface area contributed by atoms with Crippen molar-refractivity contribution in [2.75, 3.05) is 0 Å². The standard InChI is InChI=1S/C13H20O2/c1-3-13(14)15-9(2)11-8-7-10-5-4-6-12(10)11/h3,9-12H,1,4-8H2,2H3. The molecular weight excluding hydrogens is 188 g/mol. The van der Waals surface area contributed by atoms with E-state index >= 15 is 0 Å². The number of hydrogen-bond donors (Lipinski definition) is 0. The number of hydrogen-bond acceptors (Lipinski definition) is 2. The quantitative estimate of drug-likeness (QED) is 0.526. The Morgan fingerprint density at radius 3 is 2.93 bits per heavy atom. The van der Waals surface area contributed by atoms with Gasteiger partial charge in [0.15, 0.2) is 0 Å². The highest BCUT2D eigenvalue weighted by Gasteiger charge is 2.42. The van der Waals surface area contributed by atoms with Crippen molar-refractivity contribution in [3.05, 3.63) is 12.7 Å². The zero-order chi connectivity index (χ0) is 10.8. The van der Waals surface area contributed by atoms with E-state index in [1.165, 1.54) is 38.2 Å². The summed E-state index contributed by atoms with van der Waals surface area (Å²) in [5.74, 6) is 2.06. The van der Waals surface area contributed by atoms with Gasteiger partial charge in [-0.1, -0.05) is 19.4 Å². The van der Waals surface area contributed by atoms with E-state index in [9.17, 15) is 4.79 Å². The summed E-state index contributed by atoms with van der Waals surface area (Å²) < 4.78 is 5.33. The Bertz CT molecular complexity index is 259. The van der Waals surface area contributed by atoms with Gasteiger partial charge in [0.25, 0.3) is 0 Å². The minimum Gasteiger partial charge on any atom is -0.459 e. The topological polar surface area (TPSA) is 26.3 Å². The van der Waals surface area contributed by atoms with Gasteiger partial charge in [-0.25, -0.2) is 4.79 Å². The maximum Gasteiger partial charge on any atom is 0.330 e. The van der Waals surface area contributed by atoms with Crippen molar-refractivity contribution in [1.29, 1.82) is 0 Å². The van der Waals surface area contributed by atoms with Gasteiger partial charge < -0.3 is 4.74 Å². The minimum atomic E-state index is -0.274. The number of carbonyl (C=O) groups is 1. The maximum absolute atomic E-state index is 11.1. The van der Waals surface area contributed by atoms with Crippen molar-refractivity contribution >= 4 is 5.97 Å². The Balaban J connectivity index is 1.92. The van der Waals surface area contributed by atoms with E-state index in [4.69, 9.17) is 4.74 Å². The van der Waals surface area contributed by atoms with E-state index in [-0.39, 0.29) is 12.1 Å². The fourth-order valence-corrected chi connectivity index (χ4v) is 3.51. The van der Waals surface area contributed by atoms with E-state index in [2.05, 4.69) is 6.58 Å². The summed E-state index contributed by atoms with van der Waals surface area (Å²) in [6.45, 7) is 5.47. The number of rotatable bonds is 3. The predicted octanol–water partition coefficient (Wildman–Crippen LogP) is 2.93. The van der Waals surface area contributed by atoms with Gasteiger partial charge in [0.05, 0.1) is 0 Å². The van der Waals surface area contributed by atoms with Crippen LogP contribution in [-0.4, -0.2) is 12.1 Å². The van der Waals surface area contributed by atoms with Crippen molar-refractivity contribution < 1.29 is 9.53 Å². The first-order chi connectivity index (χ1) is 7.22. The molecule has 15 heavy (non-hydrogen) atoms. The zero-order valence-electron chi connectivity index (χ0n) is 9.45. The Kier molecular flexibility index (Phi) is 3.13. The molecule has 0 saturated heterocycles. The van der Waals surface area contributed by atoms with E-state index in [1.54, 1.807) is 0 Å². The second-order valence-corrected chi connectivity index (χ2v) is 4.94. The smallest absolute Gasteiger partial charge is 0.330 e. The largest absolute Gasteiger partial charge is 0.459 e. The summed E-state index contributed by atoms with van der Waals surface area (Å²) in [5.41, 5.74) is 0. The highest BCUT2D eigenvalue weighted by Crippen LogP contribution is 2.49. The van der Waals surface area contributed by atoms with Crippen LogP contribution in [0, 0.1) is 17.8 Å². The molecule has 2 fully saturated rings. The number of esters is 1. The summed E-state index contributed by atoms with van der Waals surface area (Å²) in [5, 5.41) is 0. The lowest BCUT2D eigenvalue weighted by atomic mass is 9.88. The average molecular weight is 208 g/mol. The van der Waals surface area contributed by atoms with Gasteiger partial charge >= 0.3 is 5.97 Å². The van der Waals surface area contributed by atoms with Crippen molar-refractivity contribution in [3.8, 4) is 0 Å². The molecule has 2 rings (SSSR count). The summed E-state index contributed by atoms with van der Waals surface area (Å²) >= 11 is 0. The van der Waals surface area contributed by atoms with Gasteiger partial charge in [-0.3, -0.25) is 0 Å². The molecule has 0 aromatic heterocycles. The predicted molar refractivity (Wildman–Crippen MR) is 59.3 cm³/mol. The molecule has 2 heteroatoms. The molecule has 2 aliphatic carbocycles. The summed E-state index contributed by atoms with van der Waals surface area (Å²) in [4.78, 5) is 11.1. The highest BCUT2D eigenvalue weighted by atomic mass is 16.5. The summed E-state index contributed by atoms with van der Waals surface area (Å²) in [7, 11) is 0. The Morgan fingerprint density at radius 2 is 2.20 bits per heavy atom. The molecule has 0 N–H and O–H groups in total. The molecule has 2 saturated carbocycles. The van der Waals surface area contributed by atoms with Gasteiger partial charge in [-0.05, 0) is 43.9 Å².